The number of rotatable bonds is 5. The fraction of sp³-hybridized carbons (Fsp3) is 0.273. The van der Waals surface area contributed by atoms with Gasteiger partial charge in [-0.05, 0) is 18.2 Å². The van der Waals surface area contributed by atoms with Crippen molar-refractivity contribution in [2.24, 2.45) is 0 Å². The monoisotopic (exact) mass is 320 g/mol. The van der Waals surface area contributed by atoms with E-state index >= 15 is 0 Å². The Bertz CT molecular complexity index is 642. The number of hydrogen-bond donors (Lipinski definition) is 2. The molecule has 2 N–H and O–H groups in total. The molecular weight excluding hydrogens is 308 g/mol. The average molecular weight is 321 g/mol. The van der Waals surface area contributed by atoms with E-state index in [1.165, 1.54) is 31.1 Å². The molecule has 0 saturated heterocycles. The first-order valence-corrected chi connectivity index (χ1v) is 7.24. The van der Waals surface area contributed by atoms with Crippen LogP contribution in [0.4, 0.5) is 0 Å². The first kappa shape index (κ1) is 16.4. The summed E-state index contributed by atoms with van der Waals surface area (Å²) in [5.74, 6) is -1.72. The zero-order valence-electron chi connectivity index (χ0n) is 10.8. The molecule has 0 atom stereocenters. The fourth-order valence-electron chi connectivity index (χ4n) is 1.23. The van der Waals surface area contributed by atoms with Crippen LogP contribution in [0.25, 0.3) is 0 Å². The Morgan fingerprint density at radius 1 is 1.35 bits per heavy atom. The molecule has 0 unspecified atom stereocenters. The van der Waals surface area contributed by atoms with Crippen molar-refractivity contribution in [1.29, 1.82) is 0 Å². The minimum atomic E-state index is -4.07. The van der Waals surface area contributed by atoms with Crippen LogP contribution in [0.3, 0.4) is 0 Å². The molecule has 0 spiro atoms. The van der Waals surface area contributed by atoms with E-state index in [4.69, 9.17) is 16.7 Å². The molecule has 0 aliphatic carbocycles. The van der Waals surface area contributed by atoms with Crippen LogP contribution in [-0.2, 0) is 14.8 Å². The highest BCUT2D eigenvalue weighted by atomic mass is 35.5. The fourth-order valence-corrected chi connectivity index (χ4v) is 2.73. The predicted molar refractivity (Wildman–Crippen MR) is 72.3 cm³/mol. The summed E-state index contributed by atoms with van der Waals surface area (Å²) in [5, 5.41) is 8.71. The van der Waals surface area contributed by atoms with Gasteiger partial charge in [-0.15, -0.1) is 0 Å². The Kier molecular flexibility index (Phi) is 5.09. The Morgan fingerprint density at radius 3 is 2.45 bits per heavy atom. The second kappa shape index (κ2) is 6.21. The number of aromatic carboxylic acids is 1. The Morgan fingerprint density at radius 2 is 1.95 bits per heavy atom. The molecule has 0 heterocycles. The summed E-state index contributed by atoms with van der Waals surface area (Å²) in [6.45, 7) is -0.442. The number of hydrogen-bond acceptors (Lipinski definition) is 4. The molecule has 0 aliphatic rings. The van der Waals surface area contributed by atoms with Gasteiger partial charge in [-0.3, -0.25) is 4.79 Å². The SMILES string of the molecule is CN(C)C(=O)CNS(=O)(=O)c1cc(C(=O)O)ccc1Cl. The van der Waals surface area contributed by atoms with Crippen LogP contribution in [0.5, 0.6) is 0 Å². The predicted octanol–water partition coefficient (Wildman–Crippen LogP) is 0.405. The lowest BCUT2D eigenvalue weighted by Gasteiger charge is -2.12. The number of carbonyl (C=O) groups excluding carboxylic acids is 1. The molecular formula is C11H13ClN2O5S. The van der Waals surface area contributed by atoms with Crippen molar-refractivity contribution in [3.8, 4) is 0 Å². The average Bonchev–Trinajstić information content (AvgIpc) is 2.35. The van der Waals surface area contributed by atoms with Crippen molar-refractivity contribution in [1.82, 2.24) is 9.62 Å². The zero-order valence-corrected chi connectivity index (χ0v) is 12.3. The Labute approximate surface area is 121 Å². The number of carboxylic acids is 1. The first-order valence-electron chi connectivity index (χ1n) is 5.38. The van der Waals surface area contributed by atoms with Crippen molar-refractivity contribution in [2.45, 2.75) is 4.90 Å². The maximum Gasteiger partial charge on any atom is 0.335 e. The molecule has 0 aromatic heterocycles. The van der Waals surface area contributed by atoms with Crippen LogP contribution in [-0.4, -0.2) is 50.9 Å². The van der Waals surface area contributed by atoms with Crippen LogP contribution in [0.1, 0.15) is 10.4 Å². The highest BCUT2D eigenvalue weighted by Crippen LogP contribution is 2.22. The lowest BCUT2D eigenvalue weighted by Crippen LogP contribution is -2.36. The maximum absolute atomic E-state index is 12.0. The van der Waals surface area contributed by atoms with Gasteiger partial charge in [-0.2, -0.15) is 0 Å². The minimum absolute atomic E-state index is 0.125. The minimum Gasteiger partial charge on any atom is -0.478 e. The molecule has 9 heteroatoms. The van der Waals surface area contributed by atoms with Gasteiger partial charge in [0.15, 0.2) is 0 Å². The molecule has 1 amide bonds. The second-order valence-corrected chi connectivity index (χ2v) is 6.21. The Balaban J connectivity index is 3.06. The summed E-state index contributed by atoms with van der Waals surface area (Å²) < 4.78 is 26.1. The molecule has 20 heavy (non-hydrogen) atoms. The highest BCUT2D eigenvalue weighted by molar-refractivity contribution is 7.89. The van der Waals surface area contributed by atoms with Gasteiger partial charge in [-0.1, -0.05) is 11.6 Å². The molecule has 0 saturated carbocycles. The van der Waals surface area contributed by atoms with Crippen molar-refractivity contribution < 1.29 is 23.1 Å². The molecule has 0 radical (unpaired) electrons. The number of likely N-dealkylation sites (N-methyl/N-ethyl adjacent to an activating group) is 1. The van der Waals surface area contributed by atoms with E-state index in [1.54, 1.807) is 0 Å². The van der Waals surface area contributed by atoms with Crippen molar-refractivity contribution in [3.63, 3.8) is 0 Å². The first-order chi connectivity index (χ1) is 9.15. The van der Waals surface area contributed by atoms with E-state index < -0.39 is 28.4 Å². The second-order valence-electron chi connectivity index (χ2n) is 4.06. The summed E-state index contributed by atoms with van der Waals surface area (Å²) in [5.41, 5.74) is -0.214. The standard InChI is InChI=1S/C11H13ClN2O5S/c1-14(2)10(15)6-13-20(18,19)9-5-7(11(16)17)3-4-8(9)12/h3-5,13H,6H2,1-2H3,(H,16,17). The third kappa shape index (κ3) is 3.92. The third-order valence-corrected chi connectivity index (χ3v) is 4.26. The summed E-state index contributed by atoms with van der Waals surface area (Å²) in [4.78, 5) is 23.0. The van der Waals surface area contributed by atoms with E-state index in [1.807, 2.05) is 0 Å². The number of benzene rings is 1. The van der Waals surface area contributed by atoms with Crippen LogP contribution in [0, 0.1) is 0 Å². The van der Waals surface area contributed by atoms with Gasteiger partial charge in [0.2, 0.25) is 15.9 Å². The maximum atomic E-state index is 12.0. The van der Waals surface area contributed by atoms with Crippen molar-refractivity contribution >= 4 is 33.5 Å². The summed E-state index contributed by atoms with van der Waals surface area (Å²) >= 11 is 5.76. The van der Waals surface area contributed by atoms with Gasteiger partial charge < -0.3 is 10.0 Å². The van der Waals surface area contributed by atoms with E-state index in [9.17, 15) is 18.0 Å². The molecule has 0 bridgehead atoms. The summed E-state index contributed by atoms with van der Waals surface area (Å²) in [7, 11) is -1.11. The quantitative estimate of drug-likeness (QED) is 0.817. The topological polar surface area (TPSA) is 104 Å². The molecule has 0 aliphatic heterocycles. The smallest absolute Gasteiger partial charge is 0.335 e. The molecule has 0 fully saturated rings. The number of nitrogens with zero attached hydrogens (tertiary/aromatic N) is 1. The molecule has 1 aromatic rings. The molecule has 110 valence electrons. The van der Waals surface area contributed by atoms with Gasteiger partial charge in [0, 0.05) is 14.1 Å². The van der Waals surface area contributed by atoms with E-state index in [0.717, 1.165) is 6.07 Å². The Hall–Kier alpha value is -1.64. The van der Waals surface area contributed by atoms with Crippen molar-refractivity contribution in [2.75, 3.05) is 20.6 Å². The lowest BCUT2D eigenvalue weighted by atomic mass is 10.2. The number of halogens is 1. The number of nitrogens with one attached hydrogen (secondary N) is 1. The zero-order chi connectivity index (χ0) is 15.5. The molecule has 7 nitrogen and oxygen atoms in total. The largest absolute Gasteiger partial charge is 0.478 e. The van der Waals surface area contributed by atoms with E-state index in [-0.39, 0.29) is 15.5 Å². The van der Waals surface area contributed by atoms with Crippen LogP contribution in [0.15, 0.2) is 23.1 Å². The normalized spacial score (nSPS) is 11.2. The lowest BCUT2D eigenvalue weighted by molar-refractivity contribution is -0.127. The molecule has 1 aromatic carbocycles. The van der Waals surface area contributed by atoms with Gasteiger partial charge in [0.05, 0.1) is 17.1 Å². The van der Waals surface area contributed by atoms with Crippen LogP contribution < -0.4 is 4.72 Å². The van der Waals surface area contributed by atoms with Gasteiger partial charge >= 0.3 is 5.97 Å². The van der Waals surface area contributed by atoms with Crippen LogP contribution in [0.2, 0.25) is 5.02 Å². The number of amides is 1. The third-order valence-electron chi connectivity index (χ3n) is 2.38. The van der Waals surface area contributed by atoms with Gasteiger partial charge in [0.25, 0.3) is 0 Å². The van der Waals surface area contributed by atoms with Crippen molar-refractivity contribution in [3.05, 3.63) is 28.8 Å². The molecule has 1 rings (SSSR count). The van der Waals surface area contributed by atoms with Gasteiger partial charge in [-0.25, -0.2) is 17.9 Å². The summed E-state index contributed by atoms with van der Waals surface area (Å²) in [6, 6.07) is 3.30. The number of sulfonamides is 1. The number of carbonyl (C=O) groups is 2. The number of carboxylic acid groups (broad SMARTS) is 1. The van der Waals surface area contributed by atoms with E-state index in [2.05, 4.69) is 4.72 Å². The van der Waals surface area contributed by atoms with Crippen LogP contribution >= 0.6 is 11.6 Å². The van der Waals surface area contributed by atoms with E-state index in [0.29, 0.717) is 0 Å². The summed E-state index contributed by atoms with van der Waals surface area (Å²) in [6.07, 6.45) is 0. The van der Waals surface area contributed by atoms with Gasteiger partial charge in [0.1, 0.15) is 4.90 Å². The highest BCUT2D eigenvalue weighted by Gasteiger charge is 2.21.